The van der Waals surface area contributed by atoms with Gasteiger partial charge in [0.25, 0.3) is 5.91 Å². The molecular weight excluding hydrogens is 383 g/mol. The Labute approximate surface area is 164 Å². The molecule has 0 saturated heterocycles. The Hall–Kier alpha value is -3.62. The summed E-state index contributed by atoms with van der Waals surface area (Å²) in [5.41, 5.74) is 1.43. The van der Waals surface area contributed by atoms with Crippen molar-refractivity contribution in [2.45, 2.75) is 6.18 Å². The molecule has 0 radical (unpaired) electrons. The lowest BCUT2D eigenvalue weighted by atomic mass is 10.1. The molecule has 1 N–H and O–H groups in total. The third kappa shape index (κ3) is 3.35. The molecule has 3 aromatic rings. The Balaban J connectivity index is 1.70. The first-order chi connectivity index (χ1) is 13.8. The number of amides is 1. The Bertz CT molecular complexity index is 1080. The molecule has 1 amide bonds. The number of hydrogen-bond acceptors (Lipinski definition) is 5. The van der Waals surface area contributed by atoms with E-state index in [4.69, 9.17) is 0 Å². The predicted octanol–water partition coefficient (Wildman–Crippen LogP) is 4.60. The topological polar surface area (TPSA) is 61.4 Å². The summed E-state index contributed by atoms with van der Waals surface area (Å²) < 4.78 is 38.2. The normalized spacial score (nSPS) is 13.6. The van der Waals surface area contributed by atoms with Crippen LogP contribution in [0.2, 0.25) is 0 Å². The molecule has 0 bridgehead atoms. The lowest BCUT2D eigenvalue weighted by Crippen LogP contribution is -2.25. The van der Waals surface area contributed by atoms with Crippen LogP contribution in [0.25, 0.3) is 0 Å². The molecular formula is C20H16F3N5O. The Morgan fingerprint density at radius 2 is 1.62 bits per heavy atom. The third-order valence-electron chi connectivity index (χ3n) is 4.70. The van der Waals surface area contributed by atoms with E-state index < -0.39 is 11.7 Å². The molecule has 2 heterocycles. The van der Waals surface area contributed by atoms with Crippen molar-refractivity contribution in [2.75, 3.05) is 29.2 Å². The quantitative estimate of drug-likeness (QED) is 0.683. The third-order valence-corrected chi connectivity index (χ3v) is 4.70. The van der Waals surface area contributed by atoms with Gasteiger partial charge in [0.2, 0.25) is 5.95 Å². The highest BCUT2D eigenvalue weighted by Crippen LogP contribution is 2.38. The molecule has 4 rings (SSSR count). The van der Waals surface area contributed by atoms with Crippen molar-refractivity contribution in [2.24, 2.45) is 0 Å². The van der Waals surface area contributed by atoms with Gasteiger partial charge in [0, 0.05) is 19.8 Å². The highest BCUT2D eigenvalue weighted by atomic mass is 19.4. The van der Waals surface area contributed by atoms with Crippen LogP contribution in [-0.4, -0.2) is 30.0 Å². The summed E-state index contributed by atoms with van der Waals surface area (Å²) in [6.45, 7) is 0. The summed E-state index contributed by atoms with van der Waals surface area (Å²) >= 11 is 0. The molecule has 0 fully saturated rings. The van der Waals surface area contributed by atoms with Gasteiger partial charge in [-0.2, -0.15) is 18.2 Å². The number of alkyl halides is 3. The van der Waals surface area contributed by atoms with Crippen molar-refractivity contribution in [1.29, 1.82) is 0 Å². The number of nitrogens with zero attached hydrogens (tertiary/aromatic N) is 4. The molecule has 1 aliphatic rings. The van der Waals surface area contributed by atoms with Crippen LogP contribution < -0.4 is 15.1 Å². The van der Waals surface area contributed by atoms with Crippen LogP contribution >= 0.6 is 0 Å². The van der Waals surface area contributed by atoms with Crippen molar-refractivity contribution in [3.8, 4) is 0 Å². The zero-order valence-corrected chi connectivity index (χ0v) is 15.5. The van der Waals surface area contributed by atoms with Gasteiger partial charge in [0.1, 0.15) is 5.69 Å². The van der Waals surface area contributed by atoms with E-state index in [1.165, 1.54) is 23.2 Å². The van der Waals surface area contributed by atoms with Crippen LogP contribution in [-0.2, 0) is 6.18 Å². The SMILES string of the molecule is CN1C(=O)c2ccccc2N(C)c2nc(Nc3ccc(C(F)(F)F)cc3)ncc21. The number of benzene rings is 2. The maximum absolute atomic E-state index is 12.8. The average molecular weight is 399 g/mol. The van der Waals surface area contributed by atoms with E-state index >= 15 is 0 Å². The average Bonchev–Trinajstić information content (AvgIpc) is 2.78. The number of hydrogen-bond donors (Lipinski definition) is 1. The summed E-state index contributed by atoms with van der Waals surface area (Å²) in [4.78, 5) is 24.7. The molecule has 6 nitrogen and oxygen atoms in total. The fourth-order valence-corrected chi connectivity index (χ4v) is 3.13. The van der Waals surface area contributed by atoms with Crippen LogP contribution in [0.4, 0.5) is 42.0 Å². The van der Waals surface area contributed by atoms with Gasteiger partial charge in [-0.1, -0.05) is 12.1 Å². The second kappa shape index (κ2) is 6.77. The van der Waals surface area contributed by atoms with Crippen molar-refractivity contribution < 1.29 is 18.0 Å². The lowest BCUT2D eigenvalue weighted by molar-refractivity contribution is -0.137. The Morgan fingerprint density at radius 3 is 2.31 bits per heavy atom. The van der Waals surface area contributed by atoms with E-state index in [9.17, 15) is 18.0 Å². The number of carbonyl (C=O) groups is 1. The number of para-hydroxylation sites is 1. The molecule has 148 valence electrons. The van der Waals surface area contributed by atoms with E-state index in [1.54, 1.807) is 31.1 Å². The van der Waals surface area contributed by atoms with Gasteiger partial charge in [0.15, 0.2) is 5.82 Å². The van der Waals surface area contributed by atoms with Crippen LogP contribution in [0.3, 0.4) is 0 Å². The monoisotopic (exact) mass is 399 g/mol. The van der Waals surface area contributed by atoms with Crippen molar-refractivity contribution >= 4 is 34.7 Å². The molecule has 1 aromatic heterocycles. The van der Waals surface area contributed by atoms with Crippen molar-refractivity contribution in [3.63, 3.8) is 0 Å². The lowest BCUT2D eigenvalue weighted by Gasteiger charge is -2.21. The van der Waals surface area contributed by atoms with E-state index in [1.807, 2.05) is 12.1 Å². The smallest absolute Gasteiger partial charge is 0.327 e. The summed E-state index contributed by atoms with van der Waals surface area (Å²) in [5.74, 6) is 0.518. The number of nitrogens with one attached hydrogen (secondary N) is 1. The van der Waals surface area contributed by atoms with Crippen LogP contribution in [0, 0.1) is 0 Å². The van der Waals surface area contributed by atoms with E-state index in [2.05, 4.69) is 15.3 Å². The number of carbonyl (C=O) groups excluding carboxylic acids is 1. The molecule has 0 spiro atoms. The summed E-state index contributed by atoms with van der Waals surface area (Å²) in [6, 6.07) is 11.8. The first-order valence-corrected chi connectivity index (χ1v) is 8.68. The van der Waals surface area contributed by atoms with Crippen molar-refractivity contribution in [1.82, 2.24) is 9.97 Å². The van der Waals surface area contributed by atoms with Crippen LogP contribution in [0.5, 0.6) is 0 Å². The number of aromatic nitrogens is 2. The second-order valence-corrected chi connectivity index (χ2v) is 6.54. The minimum Gasteiger partial charge on any atom is -0.327 e. The number of halogens is 3. The highest BCUT2D eigenvalue weighted by molar-refractivity contribution is 6.13. The highest BCUT2D eigenvalue weighted by Gasteiger charge is 2.30. The maximum Gasteiger partial charge on any atom is 0.416 e. The number of fused-ring (bicyclic) bond motifs is 2. The number of anilines is 5. The maximum atomic E-state index is 12.8. The van der Waals surface area contributed by atoms with Gasteiger partial charge in [0.05, 0.1) is 23.0 Å². The van der Waals surface area contributed by atoms with E-state index in [0.717, 1.165) is 12.1 Å². The standard InChI is InChI=1S/C20H16F3N5O/c1-27-15-6-4-3-5-14(15)18(29)28(2)16-11-24-19(26-17(16)27)25-13-9-7-12(8-10-13)20(21,22)23/h3-11H,1-2H3,(H,24,25,26). The van der Waals surface area contributed by atoms with Gasteiger partial charge in [-0.15, -0.1) is 0 Å². The van der Waals surface area contributed by atoms with Crippen LogP contribution in [0.15, 0.2) is 54.7 Å². The second-order valence-electron chi connectivity index (χ2n) is 6.54. The molecule has 0 aliphatic carbocycles. The Morgan fingerprint density at radius 1 is 0.931 bits per heavy atom. The van der Waals surface area contributed by atoms with Gasteiger partial charge < -0.3 is 15.1 Å². The van der Waals surface area contributed by atoms with Crippen LogP contribution in [0.1, 0.15) is 15.9 Å². The van der Waals surface area contributed by atoms with E-state index in [0.29, 0.717) is 28.4 Å². The molecule has 1 aliphatic heterocycles. The number of rotatable bonds is 2. The fraction of sp³-hybridized carbons (Fsp3) is 0.150. The van der Waals surface area contributed by atoms with Gasteiger partial charge in [-0.05, 0) is 36.4 Å². The zero-order valence-electron chi connectivity index (χ0n) is 15.5. The first kappa shape index (κ1) is 18.7. The molecule has 9 heteroatoms. The van der Waals surface area contributed by atoms with E-state index in [-0.39, 0.29) is 11.9 Å². The predicted molar refractivity (Wildman–Crippen MR) is 104 cm³/mol. The molecule has 0 saturated carbocycles. The van der Waals surface area contributed by atoms with Gasteiger partial charge >= 0.3 is 6.18 Å². The molecule has 29 heavy (non-hydrogen) atoms. The fourth-order valence-electron chi connectivity index (χ4n) is 3.13. The largest absolute Gasteiger partial charge is 0.416 e. The summed E-state index contributed by atoms with van der Waals surface area (Å²) in [5, 5.41) is 2.90. The first-order valence-electron chi connectivity index (χ1n) is 8.68. The Kier molecular flexibility index (Phi) is 4.37. The molecule has 0 atom stereocenters. The van der Waals surface area contributed by atoms with Crippen molar-refractivity contribution in [3.05, 3.63) is 65.9 Å². The minimum atomic E-state index is -4.40. The zero-order chi connectivity index (χ0) is 20.8. The summed E-state index contributed by atoms with van der Waals surface area (Å²) in [7, 11) is 3.43. The molecule has 2 aromatic carbocycles. The van der Waals surface area contributed by atoms with Gasteiger partial charge in [-0.25, -0.2) is 4.98 Å². The minimum absolute atomic E-state index is 0.182. The summed E-state index contributed by atoms with van der Waals surface area (Å²) in [6.07, 6.45) is -2.89. The molecule has 0 unspecified atom stereocenters. The van der Waals surface area contributed by atoms with Gasteiger partial charge in [-0.3, -0.25) is 4.79 Å².